The van der Waals surface area contributed by atoms with Crippen molar-refractivity contribution in [3.05, 3.63) is 29.3 Å². The van der Waals surface area contributed by atoms with Crippen LogP contribution in [0.2, 0.25) is 0 Å². The maximum absolute atomic E-state index is 12.2. The molecule has 0 fully saturated rings. The van der Waals surface area contributed by atoms with Crippen LogP contribution in [-0.4, -0.2) is 16.5 Å². The van der Waals surface area contributed by atoms with Gasteiger partial charge in [0.25, 0.3) is 0 Å². The van der Waals surface area contributed by atoms with Gasteiger partial charge < -0.3 is 5.32 Å². The lowest BCUT2D eigenvalue weighted by Crippen LogP contribution is -2.26. The highest BCUT2D eigenvalue weighted by molar-refractivity contribution is 7.86. The van der Waals surface area contributed by atoms with Crippen LogP contribution in [0.5, 0.6) is 0 Å². The van der Waals surface area contributed by atoms with Gasteiger partial charge in [0, 0.05) is 10.9 Å². The summed E-state index contributed by atoms with van der Waals surface area (Å²) in [5, 5.41) is 3.51. The fraction of sp³-hybridized carbons (Fsp3) is 0.500. The lowest BCUT2D eigenvalue weighted by atomic mass is 10.0. The number of fused-ring (bicyclic) bond motifs is 1. The minimum atomic E-state index is -0.836. The van der Waals surface area contributed by atoms with Crippen LogP contribution in [0.3, 0.4) is 0 Å². The Labute approximate surface area is 93.5 Å². The number of benzene rings is 1. The summed E-state index contributed by atoms with van der Waals surface area (Å²) in [5.41, 5.74) is 2.46. The fourth-order valence-electron chi connectivity index (χ4n) is 2.31. The Balaban J connectivity index is 2.52. The largest absolute Gasteiger partial charge is 0.312 e. The summed E-state index contributed by atoms with van der Waals surface area (Å²) in [6.07, 6.45) is 0.950. The Kier molecular flexibility index (Phi) is 2.94. The molecule has 1 N–H and O–H groups in total. The molecule has 2 rings (SSSR count). The molecular weight excluding hydrogens is 206 g/mol. The standard InChI is InChI=1S/C12H17NOS/c1-4-10-12(13-3)9-7-8(2)5-6-11(9)15(10)14/h5-7,10,12-13H,4H2,1-3H3. The molecule has 0 bridgehead atoms. The van der Waals surface area contributed by atoms with Crippen LogP contribution in [0.15, 0.2) is 23.1 Å². The van der Waals surface area contributed by atoms with Gasteiger partial charge in [0.2, 0.25) is 0 Å². The minimum Gasteiger partial charge on any atom is -0.312 e. The third-order valence-electron chi connectivity index (χ3n) is 3.08. The fourth-order valence-corrected chi connectivity index (χ4v) is 4.09. The molecule has 1 heterocycles. The summed E-state index contributed by atoms with van der Waals surface area (Å²) in [7, 11) is 1.11. The topological polar surface area (TPSA) is 29.1 Å². The molecule has 3 unspecified atom stereocenters. The van der Waals surface area contributed by atoms with Gasteiger partial charge in [0.05, 0.1) is 16.0 Å². The Morgan fingerprint density at radius 3 is 2.80 bits per heavy atom. The van der Waals surface area contributed by atoms with E-state index in [4.69, 9.17) is 0 Å². The third kappa shape index (κ3) is 1.64. The van der Waals surface area contributed by atoms with Crippen LogP contribution in [0, 0.1) is 6.92 Å². The van der Waals surface area contributed by atoms with Gasteiger partial charge in [-0.3, -0.25) is 4.21 Å². The molecule has 82 valence electrons. The van der Waals surface area contributed by atoms with E-state index < -0.39 is 10.8 Å². The molecule has 15 heavy (non-hydrogen) atoms. The molecule has 3 atom stereocenters. The molecule has 0 aromatic heterocycles. The van der Waals surface area contributed by atoms with Crippen molar-refractivity contribution in [2.24, 2.45) is 0 Å². The van der Waals surface area contributed by atoms with Crippen LogP contribution in [-0.2, 0) is 10.8 Å². The zero-order valence-corrected chi connectivity index (χ0v) is 10.2. The monoisotopic (exact) mass is 223 g/mol. The smallest absolute Gasteiger partial charge is 0.0587 e. The quantitative estimate of drug-likeness (QED) is 0.832. The maximum Gasteiger partial charge on any atom is 0.0587 e. The molecular formula is C12H17NOS. The SMILES string of the molecule is CCC1C(NC)c2cc(C)ccc2S1=O. The van der Waals surface area contributed by atoms with Crippen molar-refractivity contribution in [3.8, 4) is 0 Å². The molecule has 1 aromatic rings. The first kappa shape index (κ1) is 10.8. The molecule has 0 saturated heterocycles. The summed E-state index contributed by atoms with van der Waals surface area (Å²) in [4.78, 5) is 1.02. The maximum atomic E-state index is 12.2. The van der Waals surface area contributed by atoms with Gasteiger partial charge in [0.1, 0.15) is 0 Å². The normalized spacial score (nSPS) is 29.1. The van der Waals surface area contributed by atoms with Crippen molar-refractivity contribution < 1.29 is 4.21 Å². The van der Waals surface area contributed by atoms with Crippen molar-refractivity contribution in [3.63, 3.8) is 0 Å². The highest BCUT2D eigenvalue weighted by atomic mass is 32.2. The van der Waals surface area contributed by atoms with E-state index >= 15 is 0 Å². The first-order valence-corrected chi connectivity index (χ1v) is 6.58. The summed E-state index contributed by atoms with van der Waals surface area (Å²) < 4.78 is 12.2. The predicted molar refractivity (Wildman–Crippen MR) is 63.5 cm³/mol. The van der Waals surface area contributed by atoms with Crippen molar-refractivity contribution in [1.82, 2.24) is 5.32 Å². The zero-order valence-electron chi connectivity index (χ0n) is 9.41. The highest BCUT2D eigenvalue weighted by Crippen LogP contribution is 2.37. The lowest BCUT2D eigenvalue weighted by Gasteiger charge is -2.16. The number of hydrogen-bond donors (Lipinski definition) is 1. The van der Waals surface area contributed by atoms with E-state index in [0.717, 1.165) is 11.3 Å². The van der Waals surface area contributed by atoms with Crippen molar-refractivity contribution in [2.45, 2.75) is 36.5 Å². The molecule has 0 aliphatic carbocycles. The Hall–Kier alpha value is -0.670. The zero-order chi connectivity index (χ0) is 11.0. The minimum absolute atomic E-state index is 0.229. The molecule has 1 aliphatic rings. The first-order valence-electron chi connectivity index (χ1n) is 5.37. The molecule has 3 heteroatoms. The van der Waals surface area contributed by atoms with Gasteiger partial charge in [-0.2, -0.15) is 0 Å². The van der Waals surface area contributed by atoms with Crippen molar-refractivity contribution in [1.29, 1.82) is 0 Å². The van der Waals surface area contributed by atoms with E-state index in [1.165, 1.54) is 11.1 Å². The van der Waals surface area contributed by atoms with Gasteiger partial charge in [0.15, 0.2) is 0 Å². The average Bonchev–Trinajstić information content (AvgIpc) is 2.50. The second-order valence-electron chi connectivity index (χ2n) is 4.05. The molecule has 0 saturated carbocycles. The Morgan fingerprint density at radius 1 is 1.47 bits per heavy atom. The number of hydrogen-bond acceptors (Lipinski definition) is 2. The van der Waals surface area contributed by atoms with Gasteiger partial charge >= 0.3 is 0 Å². The summed E-state index contributed by atoms with van der Waals surface area (Å²) >= 11 is 0. The molecule has 0 radical (unpaired) electrons. The van der Waals surface area contributed by atoms with Gasteiger partial charge in [-0.1, -0.05) is 24.6 Å². The second kappa shape index (κ2) is 4.06. The molecule has 2 nitrogen and oxygen atoms in total. The second-order valence-corrected chi connectivity index (χ2v) is 5.69. The van der Waals surface area contributed by atoms with E-state index in [2.05, 4.69) is 25.2 Å². The summed E-state index contributed by atoms with van der Waals surface area (Å²) in [6, 6.07) is 6.47. The van der Waals surface area contributed by atoms with Gasteiger partial charge in [-0.15, -0.1) is 0 Å². The summed E-state index contributed by atoms with van der Waals surface area (Å²) in [6.45, 7) is 4.18. The summed E-state index contributed by atoms with van der Waals surface area (Å²) in [5.74, 6) is 0. The first-order chi connectivity index (χ1) is 7.19. The predicted octanol–water partition coefficient (Wildman–Crippen LogP) is 2.16. The van der Waals surface area contributed by atoms with Crippen LogP contribution >= 0.6 is 0 Å². The highest BCUT2D eigenvalue weighted by Gasteiger charge is 2.36. The molecule has 0 amide bonds. The van der Waals surface area contributed by atoms with Crippen LogP contribution < -0.4 is 5.32 Å². The van der Waals surface area contributed by atoms with Crippen LogP contribution in [0.1, 0.15) is 30.5 Å². The van der Waals surface area contributed by atoms with Crippen LogP contribution in [0.4, 0.5) is 0 Å². The van der Waals surface area contributed by atoms with E-state index in [1.807, 2.05) is 19.2 Å². The number of nitrogens with one attached hydrogen (secondary N) is 1. The lowest BCUT2D eigenvalue weighted by molar-refractivity contribution is 0.552. The van der Waals surface area contributed by atoms with Crippen molar-refractivity contribution in [2.75, 3.05) is 7.05 Å². The average molecular weight is 223 g/mol. The molecule has 1 aliphatic heterocycles. The van der Waals surface area contributed by atoms with E-state index in [1.54, 1.807) is 0 Å². The van der Waals surface area contributed by atoms with Crippen molar-refractivity contribution >= 4 is 10.8 Å². The Bertz CT molecular complexity index is 403. The number of rotatable bonds is 2. The van der Waals surface area contributed by atoms with E-state index in [-0.39, 0.29) is 11.3 Å². The van der Waals surface area contributed by atoms with Crippen LogP contribution in [0.25, 0.3) is 0 Å². The Morgan fingerprint density at radius 2 is 2.20 bits per heavy atom. The van der Waals surface area contributed by atoms with E-state index in [9.17, 15) is 4.21 Å². The van der Waals surface area contributed by atoms with E-state index in [0.29, 0.717) is 0 Å². The molecule has 1 aromatic carbocycles. The van der Waals surface area contributed by atoms with Gasteiger partial charge in [-0.25, -0.2) is 0 Å². The molecule has 0 spiro atoms. The van der Waals surface area contributed by atoms with Gasteiger partial charge in [-0.05, 0) is 32.0 Å². The number of aryl methyl sites for hydroxylation is 1. The third-order valence-corrected chi connectivity index (χ3v) is 5.04.